The smallest absolute Gasteiger partial charge is 0.316 e. The van der Waals surface area contributed by atoms with Crippen molar-refractivity contribution in [3.8, 4) is 0 Å². The lowest BCUT2D eigenvalue weighted by molar-refractivity contribution is -0.380. The third-order valence-corrected chi connectivity index (χ3v) is 4.94. The first kappa shape index (κ1) is 14.7. The van der Waals surface area contributed by atoms with Crippen LogP contribution in [0.3, 0.4) is 0 Å². The Morgan fingerprint density at radius 3 is 3.00 bits per heavy atom. The highest BCUT2D eigenvalue weighted by Gasteiger charge is 2.32. The van der Waals surface area contributed by atoms with Crippen LogP contribution in [0.1, 0.15) is 12.0 Å². The van der Waals surface area contributed by atoms with Gasteiger partial charge >= 0.3 is 5.00 Å². The van der Waals surface area contributed by atoms with Crippen LogP contribution in [-0.4, -0.2) is 36.0 Å². The first-order chi connectivity index (χ1) is 8.72. The van der Waals surface area contributed by atoms with Gasteiger partial charge in [0.1, 0.15) is 0 Å². The number of rotatable bonds is 3. The topological polar surface area (TPSA) is 58.4 Å². The van der Waals surface area contributed by atoms with Gasteiger partial charge in [0.15, 0.2) is 0 Å². The first-order valence-electron chi connectivity index (χ1n) is 6.37. The number of nitrogens with zero attached hydrogens (tertiary/aromatic N) is 2. The summed E-state index contributed by atoms with van der Waals surface area (Å²) in [6.07, 6.45) is 1.25. The van der Waals surface area contributed by atoms with Crippen LogP contribution in [0.15, 0.2) is 11.4 Å². The van der Waals surface area contributed by atoms with E-state index in [-0.39, 0.29) is 22.3 Å². The zero-order chi connectivity index (χ0) is 12.5. The zero-order valence-corrected chi connectivity index (χ0v) is 12.2. The number of halogens is 1. The van der Waals surface area contributed by atoms with Crippen molar-refractivity contribution < 1.29 is 4.92 Å². The molecule has 0 aliphatic carbocycles. The van der Waals surface area contributed by atoms with Gasteiger partial charge in [-0.2, -0.15) is 0 Å². The van der Waals surface area contributed by atoms with Crippen molar-refractivity contribution in [1.29, 1.82) is 0 Å². The summed E-state index contributed by atoms with van der Waals surface area (Å²) < 4.78 is 0. The number of thiophene rings is 1. The number of nitrogens with one attached hydrogen (secondary N) is 1. The standard InChI is InChI=1S/C12H17N3O2S.ClH/c16-15(17)12-3-9(8-18-12)6-14-2-1-10-4-13-5-11(10)7-14;/h3,8,10-11,13H,1-2,4-7H2;1H. The molecule has 0 amide bonds. The second-order valence-electron chi connectivity index (χ2n) is 5.25. The maximum absolute atomic E-state index is 10.7. The minimum absolute atomic E-state index is 0. The molecule has 2 unspecified atom stereocenters. The lowest BCUT2D eigenvalue weighted by Gasteiger charge is -2.34. The molecule has 19 heavy (non-hydrogen) atoms. The Hall–Kier alpha value is -0.690. The summed E-state index contributed by atoms with van der Waals surface area (Å²) in [5.41, 5.74) is 1.08. The lowest BCUT2D eigenvalue weighted by atomic mass is 9.88. The Bertz CT molecular complexity index is 454. The van der Waals surface area contributed by atoms with E-state index >= 15 is 0 Å². The van der Waals surface area contributed by atoms with Crippen LogP contribution in [0.25, 0.3) is 0 Å². The van der Waals surface area contributed by atoms with E-state index < -0.39 is 0 Å². The van der Waals surface area contributed by atoms with Crippen molar-refractivity contribution >= 4 is 28.7 Å². The van der Waals surface area contributed by atoms with Crippen LogP contribution >= 0.6 is 23.7 Å². The van der Waals surface area contributed by atoms with Crippen LogP contribution in [-0.2, 0) is 6.54 Å². The van der Waals surface area contributed by atoms with Crippen LogP contribution < -0.4 is 5.32 Å². The number of nitro groups is 1. The molecule has 2 saturated heterocycles. The van der Waals surface area contributed by atoms with Crippen LogP contribution in [0.4, 0.5) is 5.00 Å². The molecule has 0 saturated carbocycles. The van der Waals surface area contributed by atoms with Gasteiger partial charge in [-0.3, -0.25) is 15.0 Å². The van der Waals surface area contributed by atoms with Gasteiger partial charge in [-0.25, -0.2) is 0 Å². The minimum Gasteiger partial charge on any atom is -0.316 e. The molecule has 0 bridgehead atoms. The van der Waals surface area contributed by atoms with Gasteiger partial charge in [-0.05, 0) is 43.5 Å². The second kappa shape index (κ2) is 6.17. The summed E-state index contributed by atoms with van der Waals surface area (Å²) >= 11 is 1.23. The molecule has 7 heteroatoms. The molecule has 1 N–H and O–H groups in total. The molecule has 0 aromatic carbocycles. The zero-order valence-electron chi connectivity index (χ0n) is 10.6. The number of piperidine rings is 1. The minimum atomic E-state index is -0.304. The molecular weight excluding hydrogens is 286 g/mol. The molecule has 0 spiro atoms. The predicted octanol–water partition coefficient (Wildman–Crippen LogP) is 2.12. The van der Waals surface area contributed by atoms with Gasteiger partial charge in [-0.1, -0.05) is 11.3 Å². The molecule has 3 rings (SSSR count). The predicted molar refractivity (Wildman–Crippen MR) is 78.0 cm³/mol. The fourth-order valence-corrected chi connectivity index (χ4v) is 3.77. The first-order valence-corrected chi connectivity index (χ1v) is 7.25. The van der Waals surface area contributed by atoms with Crippen LogP contribution in [0.2, 0.25) is 0 Å². The van der Waals surface area contributed by atoms with Gasteiger partial charge in [0, 0.05) is 24.5 Å². The quantitative estimate of drug-likeness (QED) is 0.686. The normalized spacial score (nSPS) is 26.7. The molecule has 2 aliphatic heterocycles. The van der Waals surface area contributed by atoms with Crippen LogP contribution in [0.5, 0.6) is 0 Å². The maximum Gasteiger partial charge on any atom is 0.324 e. The summed E-state index contributed by atoms with van der Waals surface area (Å²) in [5.74, 6) is 1.62. The van der Waals surface area contributed by atoms with Gasteiger partial charge in [0.05, 0.1) is 4.92 Å². The molecule has 106 valence electrons. The highest BCUT2D eigenvalue weighted by Crippen LogP contribution is 2.29. The summed E-state index contributed by atoms with van der Waals surface area (Å²) in [4.78, 5) is 12.8. The van der Waals surface area contributed by atoms with E-state index in [9.17, 15) is 10.1 Å². The number of likely N-dealkylation sites (tertiary alicyclic amines) is 1. The summed E-state index contributed by atoms with van der Waals surface area (Å²) in [5, 5.41) is 16.3. The van der Waals surface area contributed by atoms with Crippen molar-refractivity contribution in [3.63, 3.8) is 0 Å². The largest absolute Gasteiger partial charge is 0.324 e. The second-order valence-corrected chi connectivity index (χ2v) is 6.14. The Kier molecular flexibility index (Phi) is 4.78. The average molecular weight is 304 g/mol. The third-order valence-electron chi connectivity index (χ3n) is 4.01. The molecule has 1 aromatic heterocycles. The molecule has 2 aliphatic rings. The Morgan fingerprint density at radius 2 is 2.26 bits per heavy atom. The summed E-state index contributed by atoms with van der Waals surface area (Å²) in [6, 6.07) is 1.71. The van der Waals surface area contributed by atoms with E-state index in [0.717, 1.165) is 43.6 Å². The van der Waals surface area contributed by atoms with E-state index in [1.165, 1.54) is 24.3 Å². The molecule has 1 aromatic rings. The van der Waals surface area contributed by atoms with Gasteiger partial charge in [-0.15, -0.1) is 12.4 Å². The lowest BCUT2D eigenvalue weighted by Crippen LogP contribution is -2.39. The fraction of sp³-hybridized carbons (Fsp3) is 0.667. The number of hydrogen-bond acceptors (Lipinski definition) is 5. The van der Waals surface area contributed by atoms with E-state index in [1.807, 2.05) is 5.38 Å². The highest BCUT2D eigenvalue weighted by atomic mass is 35.5. The molecule has 2 fully saturated rings. The fourth-order valence-electron chi connectivity index (χ4n) is 3.05. The van der Waals surface area contributed by atoms with E-state index in [0.29, 0.717) is 0 Å². The molecule has 5 nitrogen and oxygen atoms in total. The van der Waals surface area contributed by atoms with Crippen LogP contribution in [0, 0.1) is 22.0 Å². The van der Waals surface area contributed by atoms with E-state index in [2.05, 4.69) is 10.2 Å². The average Bonchev–Trinajstić information content (AvgIpc) is 2.96. The SMILES string of the molecule is Cl.O=[N+]([O-])c1cc(CN2CCC3CNCC3C2)cs1. The number of fused-ring (bicyclic) bond motifs is 1. The third kappa shape index (κ3) is 3.25. The molecule has 3 heterocycles. The molecule has 2 atom stereocenters. The highest BCUT2D eigenvalue weighted by molar-refractivity contribution is 7.13. The molecule has 0 radical (unpaired) electrons. The summed E-state index contributed by atoms with van der Waals surface area (Å²) in [6.45, 7) is 5.40. The van der Waals surface area contributed by atoms with Crippen molar-refractivity contribution in [2.24, 2.45) is 11.8 Å². The van der Waals surface area contributed by atoms with Crippen molar-refractivity contribution in [2.45, 2.75) is 13.0 Å². The Labute approximate surface area is 122 Å². The monoisotopic (exact) mass is 303 g/mol. The van der Waals surface area contributed by atoms with Gasteiger partial charge < -0.3 is 5.32 Å². The number of hydrogen-bond donors (Lipinski definition) is 1. The summed E-state index contributed by atoms with van der Waals surface area (Å²) in [7, 11) is 0. The van der Waals surface area contributed by atoms with Crippen molar-refractivity contribution in [2.75, 3.05) is 26.2 Å². The van der Waals surface area contributed by atoms with Gasteiger partial charge in [0.25, 0.3) is 0 Å². The van der Waals surface area contributed by atoms with E-state index in [1.54, 1.807) is 6.07 Å². The van der Waals surface area contributed by atoms with E-state index in [4.69, 9.17) is 0 Å². The van der Waals surface area contributed by atoms with Gasteiger partial charge in [0.2, 0.25) is 0 Å². The Balaban J connectivity index is 0.00000133. The Morgan fingerprint density at radius 1 is 1.47 bits per heavy atom. The van der Waals surface area contributed by atoms with Crippen molar-refractivity contribution in [1.82, 2.24) is 10.2 Å². The molecular formula is C12H18ClN3O2S. The van der Waals surface area contributed by atoms with Crippen molar-refractivity contribution in [3.05, 3.63) is 27.1 Å². The maximum atomic E-state index is 10.7.